The average molecular weight is 399 g/mol. The standard InChI is InChI=1S/C22H30N4O3/c1-16-11-21(29-23-16)22(27)26-10-6-8-18(26)14-25-12-17-7-4-5-9-20(17)28-15-19(25)13-24(2)3/h4-5,7,9,11,18-19H,6,8,10,12-15H2,1-3H3/t18-,19-/m1/s1. The molecule has 29 heavy (non-hydrogen) atoms. The zero-order valence-electron chi connectivity index (χ0n) is 17.5. The summed E-state index contributed by atoms with van der Waals surface area (Å²) in [7, 11) is 4.18. The smallest absolute Gasteiger partial charge is 0.292 e. The first-order valence-electron chi connectivity index (χ1n) is 10.3. The molecular weight excluding hydrogens is 368 g/mol. The molecule has 2 atom stereocenters. The zero-order valence-corrected chi connectivity index (χ0v) is 17.5. The van der Waals surface area contributed by atoms with Crippen molar-refractivity contribution in [2.24, 2.45) is 0 Å². The van der Waals surface area contributed by atoms with E-state index in [1.807, 2.05) is 24.0 Å². The molecule has 0 unspecified atom stereocenters. The lowest BCUT2D eigenvalue weighted by Crippen LogP contribution is -2.50. The molecule has 0 N–H and O–H groups in total. The van der Waals surface area contributed by atoms with Crippen LogP contribution in [-0.2, 0) is 6.54 Å². The number of ether oxygens (including phenoxy) is 1. The number of rotatable bonds is 5. The maximum Gasteiger partial charge on any atom is 0.292 e. The van der Waals surface area contributed by atoms with Crippen molar-refractivity contribution in [2.75, 3.05) is 40.3 Å². The quantitative estimate of drug-likeness (QED) is 0.771. The van der Waals surface area contributed by atoms with Gasteiger partial charge in [-0.15, -0.1) is 0 Å². The molecule has 0 saturated carbocycles. The third-order valence-electron chi connectivity index (χ3n) is 5.79. The SMILES string of the molecule is Cc1cc(C(=O)N2CCC[C@@H]2CN2Cc3ccccc3OC[C@H]2CN(C)C)on1. The minimum Gasteiger partial charge on any atom is -0.492 e. The van der Waals surface area contributed by atoms with Crippen molar-refractivity contribution in [3.05, 3.63) is 47.3 Å². The Morgan fingerprint density at radius 3 is 2.86 bits per heavy atom. The van der Waals surface area contributed by atoms with E-state index in [1.165, 1.54) is 5.56 Å². The zero-order chi connectivity index (χ0) is 20.4. The average Bonchev–Trinajstić information content (AvgIpc) is 3.30. The lowest BCUT2D eigenvalue weighted by atomic mass is 10.1. The van der Waals surface area contributed by atoms with Crippen molar-refractivity contribution in [3.8, 4) is 5.75 Å². The Morgan fingerprint density at radius 1 is 1.28 bits per heavy atom. The van der Waals surface area contributed by atoms with Gasteiger partial charge in [0.25, 0.3) is 5.91 Å². The Kier molecular flexibility index (Phi) is 5.87. The maximum absolute atomic E-state index is 13.0. The third-order valence-corrected chi connectivity index (χ3v) is 5.79. The van der Waals surface area contributed by atoms with E-state index in [9.17, 15) is 4.79 Å². The Balaban J connectivity index is 1.53. The van der Waals surface area contributed by atoms with Crippen LogP contribution in [0.5, 0.6) is 5.75 Å². The molecule has 156 valence electrons. The van der Waals surface area contributed by atoms with E-state index in [0.717, 1.165) is 50.5 Å². The van der Waals surface area contributed by atoms with Crippen molar-refractivity contribution in [3.63, 3.8) is 0 Å². The highest BCUT2D eigenvalue weighted by molar-refractivity contribution is 5.91. The van der Waals surface area contributed by atoms with Gasteiger partial charge in [0, 0.05) is 43.9 Å². The molecule has 7 nitrogen and oxygen atoms in total. The summed E-state index contributed by atoms with van der Waals surface area (Å²) in [6.45, 7) is 5.82. The lowest BCUT2D eigenvalue weighted by molar-refractivity contribution is 0.0583. The molecule has 4 rings (SSSR count). The van der Waals surface area contributed by atoms with Gasteiger partial charge in [-0.05, 0) is 39.9 Å². The first-order valence-corrected chi connectivity index (χ1v) is 10.3. The molecule has 1 amide bonds. The topological polar surface area (TPSA) is 62.1 Å². The highest BCUT2D eigenvalue weighted by Gasteiger charge is 2.35. The first-order chi connectivity index (χ1) is 14.0. The molecule has 1 aromatic heterocycles. The van der Waals surface area contributed by atoms with Crippen LogP contribution in [0.4, 0.5) is 0 Å². The number of hydrogen-bond donors (Lipinski definition) is 0. The van der Waals surface area contributed by atoms with E-state index in [0.29, 0.717) is 12.4 Å². The number of amides is 1. The van der Waals surface area contributed by atoms with Gasteiger partial charge < -0.3 is 19.1 Å². The van der Waals surface area contributed by atoms with E-state index in [4.69, 9.17) is 9.26 Å². The fourth-order valence-electron chi connectivity index (χ4n) is 4.39. The van der Waals surface area contributed by atoms with Crippen molar-refractivity contribution < 1.29 is 14.1 Å². The molecule has 7 heteroatoms. The fourth-order valence-corrected chi connectivity index (χ4v) is 4.39. The molecule has 1 saturated heterocycles. The molecule has 2 aliphatic heterocycles. The second-order valence-corrected chi connectivity index (χ2v) is 8.39. The lowest BCUT2D eigenvalue weighted by Gasteiger charge is -2.35. The predicted octanol–water partition coefficient (Wildman–Crippen LogP) is 2.41. The van der Waals surface area contributed by atoms with E-state index in [1.54, 1.807) is 6.07 Å². The minimum atomic E-state index is -0.0521. The summed E-state index contributed by atoms with van der Waals surface area (Å²) in [5, 5.41) is 3.88. The van der Waals surface area contributed by atoms with Gasteiger partial charge in [-0.2, -0.15) is 0 Å². The van der Waals surface area contributed by atoms with Gasteiger partial charge in [-0.3, -0.25) is 9.69 Å². The van der Waals surface area contributed by atoms with E-state index < -0.39 is 0 Å². The number of likely N-dealkylation sites (N-methyl/N-ethyl adjacent to an activating group) is 1. The van der Waals surface area contributed by atoms with Crippen LogP contribution in [0.2, 0.25) is 0 Å². The van der Waals surface area contributed by atoms with Crippen LogP contribution in [0.1, 0.15) is 34.7 Å². The van der Waals surface area contributed by atoms with Crippen molar-refractivity contribution in [2.45, 2.75) is 38.4 Å². The highest BCUT2D eigenvalue weighted by atomic mass is 16.5. The largest absolute Gasteiger partial charge is 0.492 e. The van der Waals surface area contributed by atoms with Gasteiger partial charge in [-0.25, -0.2) is 0 Å². The molecular formula is C22H30N4O3. The number of aryl methyl sites for hydroxylation is 1. The Bertz CT molecular complexity index is 850. The van der Waals surface area contributed by atoms with Crippen LogP contribution >= 0.6 is 0 Å². The third kappa shape index (κ3) is 4.46. The fraction of sp³-hybridized carbons (Fsp3) is 0.545. The number of hydrogen-bond acceptors (Lipinski definition) is 6. The molecule has 0 bridgehead atoms. The van der Waals surface area contributed by atoms with Crippen LogP contribution in [0, 0.1) is 6.92 Å². The highest BCUT2D eigenvalue weighted by Crippen LogP contribution is 2.28. The molecule has 2 aromatic rings. The number of para-hydroxylation sites is 1. The van der Waals surface area contributed by atoms with E-state index >= 15 is 0 Å². The second-order valence-electron chi connectivity index (χ2n) is 8.39. The number of nitrogens with zero attached hydrogens (tertiary/aromatic N) is 4. The van der Waals surface area contributed by atoms with Crippen molar-refractivity contribution in [1.82, 2.24) is 19.9 Å². The summed E-state index contributed by atoms with van der Waals surface area (Å²) >= 11 is 0. The van der Waals surface area contributed by atoms with Gasteiger partial charge in [0.15, 0.2) is 0 Å². The summed E-state index contributed by atoms with van der Waals surface area (Å²) in [6.07, 6.45) is 2.02. The van der Waals surface area contributed by atoms with E-state index in [-0.39, 0.29) is 18.0 Å². The Morgan fingerprint density at radius 2 is 2.10 bits per heavy atom. The summed E-state index contributed by atoms with van der Waals surface area (Å²) in [5.74, 6) is 1.25. The maximum atomic E-state index is 13.0. The van der Waals surface area contributed by atoms with Gasteiger partial charge in [0.1, 0.15) is 12.4 Å². The molecule has 0 aliphatic carbocycles. The number of carbonyl (C=O) groups excluding carboxylic acids is 1. The van der Waals surface area contributed by atoms with Gasteiger partial charge in [0.2, 0.25) is 5.76 Å². The normalized spacial score (nSPS) is 22.4. The molecule has 1 fully saturated rings. The summed E-state index contributed by atoms with van der Waals surface area (Å²) < 4.78 is 11.4. The Labute approximate surface area is 172 Å². The molecule has 3 heterocycles. The van der Waals surface area contributed by atoms with E-state index in [2.05, 4.69) is 41.2 Å². The predicted molar refractivity (Wildman–Crippen MR) is 110 cm³/mol. The number of likely N-dealkylation sites (tertiary alicyclic amines) is 1. The van der Waals surface area contributed by atoms with Gasteiger partial charge in [0.05, 0.1) is 11.7 Å². The second kappa shape index (κ2) is 8.55. The number of aromatic nitrogens is 1. The summed E-state index contributed by atoms with van der Waals surface area (Å²) in [6, 6.07) is 10.4. The number of carbonyl (C=O) groups is 1. The van der Waals surface area contributed by atoms with Crippen LogP contribution in [0.25, 0.3) is 0 Å². The van der Waals surface area contributed by atoms with Gasteiger partial charge in [-0.1, -0.05) is 23.4 Å². The summed E-state index contributed by atoms with van der Waals surface area (Å²) in [5.41, 5.74) is 1.94. The van der Waals surface area contributed by atoms with Crippen LogP contribution in [0.3, 0.4) is 0 Å². The van der Waals surface area contributed by atoms with Crippen LogP contribution < -0.4 is 4.74 Å². The minimum absolute atomic E-state index is 0.0521. The van der Waals surface area contributed by atoms with Crippen molar-refractivity contribution >= 4 is 5.91 Å². The number of benzene rings is 1. The first kappa shape index (κ1) is 19.9. The summed E-state index contributed by atoms with van der Waals surface area (Å²) in [4.78, 5) is 19.6. The molecule has 1 aromatic carbocycles. The molecule has 0 radical (unpaired) electrons. The van der Waals surface area contributed by atoms with Gasteiger partial charge >= 0.3 is 0 Å². The van der Waals surface area contributed by atoms with Crippen LogP contribution in [-0.4, -0.2) is 78.2 Å². The monoisotopic (exact) mass is 398 g/mol. The van der Waals surface area contributed by atoms with Crippen molar-refractivity contribution in [1.29, 1.82) is 0 Å². The van der Waals surface area contributed by atoms with Crippen LogP contribution in [0.15, 0.2) is 34.9 Å². The number of fused-ring (bicyclic) bond motifs is 1. The Hall–Kier alpha value is -2.38. The molecule has 2 aliphatic rings. The molecule has 0 spiro atoms.